The molecule has 1 aromatic rings. The van der Waals surface area contributed by atoms with E-state index in [1.165, 1.54) is 0 Å². The van der Waals surface area contributed by atoms with E-state index in [1.54, 1.807) is 12.3 Å². The fourth-order valence-corrected chi connectivity index (χ4v) is 1.75. The van der Waals surface area contributed by atoms with Crippen molar-refractivity contribution in [3.63, 3.8) is 0 Å². The first-order valence-corrected chi connectivity index (χ1v) is 4.92. The molecule has 1 aromatic heterocycles. The number of hydrogen-bond donors (Lipinski definition) is 1. The minimum absolute atomic E-state index is 0.110. The Morgan fingerprint density at radius 3 is 2.60 bits per heavy atom. The molecule has 3 nitrogen and oxygen atoms in total. The normalized spacial score (nSPS) is 20.3. The quantitative estimate of drug-likeness (QED) is 0.774. The lowest BCUT2D eigenvalue weighted by Gasteiger charge is -2.33. The van der Waals surface area contributed by atoms with Crippen molar-refractivity contribution >= 4 is 11.5 Å². The summed E-state index contributed by atoms with van der Waals surface area (Å²) in [4.78, 5) is 5.80. The highest BCUT2D eigenvalue weighted by atomic mass is 19.3. The van der Waals surface area contributed by atoms with Gasteiger partial charge in [-0.05, 0) is 12.1 Å². The number of piperidine rings is 1. The molecule has 0 amide bonds. The molecule has 0 aliphatic carbocycles. The molecule has 2 rings (SSSR count). The molecule has 1 saturated heterocycles. The molecule has 0 atom stereocenters. The highest BCUT2D eigenvalue weighted by Gasteiger charge is 2.34. The van der Waals surface area contributed by atoms with Crippen molar-refractivity contribution in [1.29, 1.82) is 0 Å². The van der Waals surface area contributed by atoms with Gasteiger partial charge in [-0.2, -0.15) is 0 Å². The van der Waals surface area contributed by atoms with Gasteiger partial charge in [0.25, 0.3) is 5.92 Å². The van der Waals surface area contributed by atoms with E-state index in [0.717, 1.165) is 5.69 Å². The molecule has 5 heteroatoms. The number of pyridine rings is 1. The van der Waals surface area contributed by atoms with Crippen molar-refractivity contribution in [2.24, 2.45) is 0 Å². The molecule has 1 fully saturated rings. The van der Waals surface area contributed by atoms with E-state index in [0.29, 0.717) is 18.9 Å². The Bertz CT molecular complexity index is 344. The second-order valence-electron chi connectivity index (χ2n) is 3.75. The Morgan fingerprint density at radius 1 is 1.33 bits per heavy atom. The zero-order valence-corrected chi connectivity index (χ0v) is 8.29. The maximum atomic E-state index is 12.9. The predicted molar refractivity (Wildman–Crippen MR) is 55.0 cm³/mol. The minimum Gasteiger partial charge on any atom is -0.382 e. The largest absolute Gasteiger partial charge is 0.382 e. The third kappa shape index (κ3) is 2.16. The first-order valence-electron chi connectivity index (χ1n) is 4.92. The van der Waals surface area contributed by atoms with Crippen LogP contribution < -0.4 is 10.6 Å². The van der Waals surface area contributed by atoms with Gasteiger partial charge < -0.3 is 10.6 Å². The van der Waals surface area contributed by atoms with Crippen LogP contribution in [0.25, 0.3) is 0 Å². The number of halogens is 2. The van der Waals surface area contributed by atoms with Crippen molar-refractivity contribution in [1.82, 2.24) is 4.98 Å². The Morgan fingerprint density at radius 2 is 2.00 bits per heavy atom. The first-order chi connectivity index (χ1) is 7.08. The van der Waals surface area contributed by atoms with E-state index < -0.39 is 5.92 Å². The molecule has 0 unspecified atom stereocenters. The van der Waals surface area contributed by atoms with E-state index in [1.807, 2.05) is 11.0 Å². The van der Waals surface area contributed by atoms with Gasteiger partial charge in [-0.1, -0.05) is 0 Å². The van der Waals surface area contributed by atoms with E-state index >= 15 is 0 Å². The lowest BCUT2D eigenvalue weighted by atomic mass is 10.1. The molecule has 1 aliphatic rings. The summed E-state index contributed by atoms with van der Waals surface area (Å²) >= 11 is 0. The molecule has 1 aliphatic heterocycles. The molecule has 0 saturated carbocycles. The zero-order valence-electron chi connectivity index (χ0n) is 8.29. The fraction of sp³-hybridized carbons (Fsp3) is 0.500. The Labute approximate surface area is 86.9 Å². The van der Waals surface area contributed by atoms with Crippen molar-refractivity contribution in [3.8, 4) is 0 Å². The highest BCUT2D eigenvalue weighted by Crippen LogP contribution is 2.31. The van der Waals surface area contributed by atoms with Crippen molar-refractivity contribution < 1.29 is 8.78 Å². The molecule has 2 N–H and O–H groups in total. The van der Waals surface area contributed by atoms with Crippen LogP contribution in [0.15, 0.2) is 18.3 Å². The summed E-state index contributed by atoms with van der Waals surface area (Å²) in [7, 11) is 0. The SMILES string of the molecule is Nc1ncccc1N1CCC(F)(F)CC1. The van der Waals surface area contributed by atoms with Crippen LogP contribution in [0.5, 0.6) is 0 Å². The molecule has 0 aromatic carbocycles. The van der Waals surface area contributed by atoms with Crippen molar-refractivity contribution in [2.45, 2.75) is 18.8 Å². The summed E-state index contributed by atoms with van der Waals surface area (Å²) in [5, 5.41) is 0. The molecular weight excluding hydrogens is 200 g/mol. The Balaban J connectivity index is 2.11. The Kier molecular flexibility index (Phi) is 2.46. The van der Waals surface area contributed by atoms with Gasteiger partial charge in [-0.25, -0.2) is 13.8 Å². The number of nitrogens with two attached hydrogens (primary N) is 1. The monoisotopic (exact) mass is 213 g/mol. The van der Waals surface area contributed by atoms with Gasteiger partial charge in [0.15, 0.2) is 0 Å². The summed E-state index contributed by atoms with van der Waals surface area (Å²) in [6.07, 6.45) is 1.38. The standard InChI is InChI=1S/C10H13F2N3/c11-10(12)3-6-15(7-4-10)8-2-1-5-14-9(8)13/h1-2,5H,3-4,6-7H2,(H2,13,14). The van der Waals surface area contributed by atoms with Crippen LogP contribution in [0.1, 0.15) is 12.8 Å². The highest BCUT2D eigenvalue weighted by molar-refractivity contribution is 5.63. The molecule has 2 heterocycles. The maximum absolute atomic E-state index is 12.9. The van der Waals surface area contributed by atoms with Crippen molar-refractivity contribution in [2.75, 3.05) is 23.7 Å². The summed E-state index contributed by atoms with van der Waals surface area (Å²) in [6, 6.07) is 3.57. The molecular formula is C10H13F2N3. The van der Waals surface area contributed by atoms with Gasteiger partial charge in [0.05, 0.1) is 5.69 Å². The van der Waals surface area contributed by atoms with Crippen LogP contribution in [0.3, 0.4) is 0 Å². The smallest absolute Gasteiger partial charge is 0.251 e. The van der Waals surface area contributed by atoms with Gasteiger partial charge in [0.1, 0.15) is 5.82 Å². The van der Waals surface area contributed by atoms with Crippen LogP contribution in [-0.2, 0) is 0 Å². The second kappa shape index (κ2) is 3.64. The molecule has 0 spiro atoms. The molecule has 82 valence electrons. The summed E-state index contributed by atoms with van der Waals surface area (Å²) in [5.41, 5.74) is 6.44. The summed E-state index contributed by atoms with van der Waals surface area (Å²) in [6.45, 7) is 0.672. The summed E-state index contributed by atoms with van der Waals surface area (Å²) in [5.74, 6) is -2.12. The van der Waals surface area contributed by atoms with E-state index in [9.17, 15) is 8.78 Å². The van der Waals surface area contributed by atoms with E-state index in [2.05, 4.69) is 4.98 Å². The zero-order chi connectivity index (χ0) is 10.9. The van der Waals surface area contributed by atoms with Crippen LogP contribution in [0.4, 0.5) is 20.3 Å². The van der Waals surface area contributed by atoms with Gasteiger partial charge in [0.2, 0.25) is 0 Å². The van der Waals surface area contributed by atoms with Gasteiger partial charge in [-0.3, -0.25) is 0 Å². The van der Waals surface area contributed by atoms with Crippen LogP contribution in [0.2, 0.25) is 0 Å². The number of nitrogen functional groups attached to an aromatic ring is 1. The molecule has 0 bridgehead atoms. The minimum atomic E-state index is -2.52. The van der Waals surface area contributed by atoms with Gasteiger partial charge in [-0.15, -0.1) is 0 Å². The topological polar surface area (TPSA) is 42.1 Å². The van der Waals surface area contributed by atoms with Crippen molar-refractivity contribution in [3.05, 3.63) is 18.3 Å². The average molecular weight is 213 g/mol. The Hall–Kier alpha value is -1.39. The average Bonchev–Trinajstić information content (AvgIpc) is 2.19. The van der Waals surface area contributed by atoms with E-state index in [4.69, 9.17) is 5.73 Å². The number of alkyl halides is 2. The van der Waals surface area contributed by atoms with Crippen LogP contribution in [-0.4, -0.2) is 24.0 Å². The number of hydrogen-bond acceptors (Lipinski definition) is 3. The number of rotatable bonds is 1. The maximum Gasteiger partial charge on any atom is 0.251 e. The third-order valence-corrected chi connectivity index (χ3v) is 2.65. The molecule has 0 radical (unpaired) electrons. The predicted octanol–water partition coefficient (Wildman–Crippen LogP) is 1.90. The van der Waals surface area contributed by atoms with Crippen LogP contribution >= 0.6 is 0 Å². The van der Waals surface area contributed by atoms with E-state index in [-0.39, 0.29) is 12.8 Å². The fourth-order valence-electron chi connectivity index (χ4n) is 1.75. The van der Waals surface area contributed by atoms with Crippen LogP contribution in [0, 0.1) is 0 Å². The number of aromatic nitrogens is 1. The second-order valence-corrected chi connectivity index (χ2v) is 3.75. The number of anilines is 2. The lowest BCUT2D eigenvalue weighted by molar-refractivity contribution is -0.0220. The lowest BCUT2D eigenvalue weighted by Crippen LogP contribution is -2.39. The first kappa shape index (κ1) is 10.1. The van der Waals surface area contributed by atoms with Gasteiger partial charge >= 0.3 is 0 Å². The van der Waals surface area contributed by atoms with Gasteiger partial charge in [0, 0.05) is 32.1 Å². The third-order valence-electron chi connectivity index (χ3n) is 2.65. The number of nitrogens with zero attached hydrogens (tertiary/aromatic N) is 2. The molecule has 15 heavy (non-hydrogen) atoms. The summed E-state index contributed by atoms with van der Waals surface area (Å²) < 4.78 is 25.8.